The van der Waals surface area contributed by atoms with Gasteiger partial charge in [-0.1, -0.05) is 106 Å². The van der Waals surface area contributed by atoms with Gasteiger partial charge in [0.1, 0.15) is 0 Å². The highest BCUT2D eigenvalue weighted by molar-refractivity contribution is 5.91. The first kappa shape index (κ1) is 62.0. The van der Waals surface area contributed by atoms with E-state index in [0.717, 1.165) is 89.9 Å². The summed E-state index contributed by atoms with van der Waals surface area (Å²) in [6.07, 6.45) is 15.0. The van der Waals surface area contributed by atoms with Crippen LogP contribution in [0.1, 0.15) is 186 Å². The van der Waals surface area contributed by atoms with E-state index in [1.165, 1.54) is 16.0 Å². The summed E-state index contributed by atoms with van der Waals surface area (Å²) in [4.78, 5) is 30.6. The number of aliphatic carboxylic acids is 2. The second-order valence-electron chi connectivity index (χ2n) is 30.7. The molecule has 0 saturated heterocycles. The Hall–Kier alpha value is -3.08. The molecule has 13 N–H and O–H groups in total. The number of aliphatic hydroxyl groups excluding tert-OH is 6. The molecule has 10 rings (SSSR count). The maximum absolute atomic E-state index is 12.8. The summed E-state index contributed by atoms with van der Waals surface area (Å²) in [7, 11) is 3.38. The molecule has 79 heavy (non-hydrogen) atoms. The molecule has 0 aliphatic heterocycles. The average molecular weight is 1110 g/mol. The number of aliphatic hydroxyl groups is 6. The zero-order chi connectivity index (χ0) is 59.0. The third-order valence-corrected chi connectivity index (χ3v) is 27.7. The molecule has 8 fully saturated rings. The number of nitrogens with one attached hydrogen (secondary N) is 1. The molecular weight excluding hydrogens is 999 g/mol. The van der Waals surface area contributed by atoms with E-state index in [4.69, 9.17) is 16.9 Å². The van der Waals surface area contributed by atoms with E-state index in [-0.39, 0.29) is 81.3 Å². The van der Waals surface area contributed by atoms with Crippen molar-refractivity contribution in [1.29, 1.82) is 5.41 Å². The van der Waals surface area contributed by atoms with Gasteiger partial charge in [0.25, 0.3) is 0 Å². The number of nitrogens with zero attached hydrogens (tertiary/aromatic N) is 2. The first-order chi connectivity index (χ1) is 36.5. The Labute approximate surface area is 473 Å². The summed E-state index contributed by atoms with van der Waals surface area (Å²) >= 11 is 0. The second-order valence-corrected chi connectivity index (χ2v) is 30.7. The number of carboxylic acid groups (broad SMARTS) is 2. The monoisotopic (exact) mass is 1110 g/mol. The van der Waals surface area contributed by atoms with Crippen molar-refractivity contribution in [2.24, 2.45) is 130 Å². The van der Waals surface area contributed by atoms with E-state index in [1.54, 1.807) is 14.1 Å². The summed E-state index contributed by atoms with van der Waals surface area (Å²) in [6.45, 7) is 27.2. The van der Waals surface area contributed by atoms with Gasteiger partial charge in [0.15, 0.2) is 5.96 Å². The molecule has 0 unspecified atom stereocenters. The minimum atomic E-state index is -0.907. The number of allylic oxidation sites excluding steroid dienone is 4. The Morgan fingerprint density at radius 3 is 1.23 bits per heavy atom. The lowest BCUT2D eigenvalue weighted by Gasteiger charge is -2.71. The summed E-state index contributed by atoms with van der Waals surface area (Å²) in [5, 5.41) is 92.8. The quantitative estimate of drug-likeness (QED) is 0.0714. The lowest BCUT2D eigenvalue weighted by Crippen LogP contribution is -2.68. The molecule has 0 amide bonds. The highest BCUT2D eigenvalue weighted by atomic mass is 16.4. The first-order valence-corrected chi connectivity index (χ1v) is 30.7. The van der Waals surface area contributed by atoms with Crippen LogP contribution in [0.2, 0.25) is 0 Å². The van der Waals surface area contributed by atoms with Crippen LogP contribution in [0.4, 0.5) is 0 Å². The number of nitrogens with two attached hydrogens (primary N) is 2. The molecule has 448 valence electrons. The fraction of sp³-hybridized carbons (Fsp3) is 0.875. The summed E-state index contributed by atoms with van der Waals surface area (Å²) in [6, 6.07) is 0. The molecule has 8 saturated carbocycles. The molecule has 0 aromatic carbocycles. The van der Waals surface area contributed by atoms with Gasteiger partial charge in [-0.25, -0.2) is 0 Å². The molecule has 0 aromatic heterocycles. The van der Waals surface area contributed by atoms with Gasteiger partial charge < -0.3 is 57.2 Å². The van der Waals surface area contributed by atoms with Crippen molar-refractivity contribution >= 4 is 23.9 Å². The van der Waals surface area contributed by atoms with Gasteiger partial charge in [-0.05, 0) is 194 Å². The maximum Gasteiger partial charge on any atom is 0.310 e. The molecule has 10 aliphatic carbocycles. The molecule has 0 heterocycles. The van der Waals surface area contributed by atoms with Gasteiger partial charge in [-0.2, -0.15) is 4.99 Å². The topological polar surface area (TPSA) is 287 Å². The van der Waals surface area contributed by atoms with Crippen LogP contribution in [0.15, 0.2) is 28.3 Å². The van der Waals surface area contributed by atoms with E-state index in [2.05, 4.69) is 86.4 Å². The van der Waals surface area contributed by atoms with Crippen molar-refractivity contribution < 1.29 is 50.4 Å². The highest BCUT2D eigenvalue weighted by Crippen LogP contribution is 2.78. The number of hydrogen-bond donors (Lipinski definition) is 11. The molecule has 15 nitrogen and oxygen atoms in total. The van der Waals surface area contributed by atoms with E-state index in [9.17, 15) is 50.4 Å². The molecule has 0 spiro atoms. The van der Waals surface area contributed by atoms with Gasteiger partial charge in [-0.15, -0.1) is 0 Å². The largest absolute Gasteiger partial charge is 0.481 e. The molecule has 24 atom stereocenters. The smallest absolute Gasteiger partial charge is 0.310 e. The predicted molar refractivity (Wildman–Crippen MR) is 308 cm³/mol. The second kappa shape index (κ2) is 20.6. The third-order valence-electron chi connectivity index (χ3n) is 27.7. The van der Waals surface area contributed by atoms with Crippen LogP contribution < -0.4 is 11.5 Å². The number of carboxylic acids is 2. The average Bonchev–Trinajstić information content (AvgIpc) is 1.82. The minimum Gasteiger partial charge on any atom is -0.481 e. The first-order valence-electron chi connectivity index (χ1n) is 30.7. The van der Waals surface area contributed by atoms with Crippen LogP contribution in [0, 0.1) is 119 Å². The predicted octanol–water partition coefficient (Wildman–Crippen LogP) is 8.82. The van der Waals surface area contributed by atoms with Crippen LogP contribution in [-0.2, 0) is 9.59 Å². The normalized spacial score (nSPS) is 52.1. The van der Waals surface area contributed by atoms with Gasteiger partial charge in [0.05, 0.1) is 48.5 Å². The SMILES string of the molecule is CN(C)C(=N)N=C(N)N.C[C@H]1[C@H](C)CC[C@]2(C(=O)O)CC[C@]3(C)C(=CC[C@@H]4[C@@]5(C)C[C@@H](O)[C@H](O)[C@@](C)(CO)[C@@H]5CC[C@]43C)[C@H]12.C[C@H]1[C@H](C)CC[C@]2(C(=O)O)CC[C@]3(C)C(=CC[C@@H]4[C@@]5(C)C[C@@H](O)[C@H](O)[C@@](C)(CO)[C@@H]5CC[C@]43C)[C@H]12. The van der Waals surface area contributed by atoms with Crippen LogP contribution in [0.5, 0.6) is 0 Å². The third kappa shape index (κ3) is 8.62. The zero-order valence-corrected chi connectivity index (χ0v) is 50.9. The van der Waals surface area contributed by atoms with Gasteiger partial charge in [0, 0.05) is 24.9 Å². The zero-order valence-electron chi connectivity index (χ0n) is 50.9. The van der Waals surface area contributed by atoms with Crippen molar-refractivity contribution in [3.05, 3.63) is 23.3 Å². The number of hydrogen-bond acceptors (Lipinski definition) is 9. The molecule has 0 aromatic rings. The fourth-order valence-electron chi connectivity index (χ4n) is 22.2. The Morgan fingerprint density at radius 2 is 0.937 bits per heavy atom. The number of aliphatic imine (C=N–C) groups is 1. The Morgan fingerprint density at radius 1 is 0.582 bits per heavy atom. The highest BCUT2D eigenvalue weighted by Gasteiger charge is 2.73. The van der Waals surface area contributed by atoms with E-state index in [1.807, 2.05) is 13.8 Å². The van der Waals surface area contributed by atoms with E-state index < -0.39 is 58.0 Å². The lowest BCUT2D eigenvalue weighted by atomic mass is 9.33. The van der Waals surface area contributed by atoms with Gasteiger partial charge in [-0.3, -0.25) is 15.0 Å². The van der Waals surface area contributed by atoms with Gasteiger partial charge in [0.2, 0.25) is 5.96 Å². The Balaban J connectivity index is 0.000000180. The summed E-state index contributed by atoms with van der Waals surface area (Å²) < 4.78 is 0. The molecular formula is C64H107N5O10. The van der Waals surface area contributed by atoms with Crippen molar-refractivity contribution in [3.63, 3.8) is 0 Å². The van der Waals surface area contributed by atoms with Crippen LogP contribution >= 0.6 is 0 Å². The maximum atomic E-state index is 12.8. The summed E-state index contributed by atoms with van der Waals surface area (Å²) in [5.41, 5.74) is 9.55. The van der Waals surface area contributed by atoms with Crippen molar-refractivity contribution in [3.8, 4) is 0 Å². The number of guanidine groups is 2. The van der Waals surface area contributed by atoms with Crippen molar-refractivity contribution in [1.82, 2.24) is 4.90 Å². The van der Waals surface area contributed by atoms with E-state index >= 15 is 0 Å². The standard InChI is InChI=1S/2C30H48O5.C4H11N5/c2*1-17-9-12-30(25(34)35)14-13-28(5)19(23(30)18(17)2)7-8-22-26(3)15-20(32)24(33)27(4,16-31)21(26)10-11-29(22,28)6;1-9(2)4(7)8-3(5)6/h2*7,17-18,20-24,31-33H,8-16H2,1-6H3,(H,34,35);1-2H3,(H5,5,6,7,8)/t2*17-,18+,20-,21-,22-,23+,24+,26+,27+,28-,29-,30+;/m11./s1. The molecule has 15 heteroatoms. The molecule has 10 aliphatic rings. The molecule has 0 bridgehead atoms. The van der Waals surface area contributed by atoms with Crippen LogP contribution in [-0.4, -0.2) is 121 Å². The number of rotatable bonds is 4. The van der Waals surface area contributed by atoms with Gasteiger partial charge >= 0.3 is 11.9 Å². The van der Waals surface area contributed by atoms with Crippen LogP contribution in [0.3, 0.4) is 0 Å². The van der Waals surface area contributed by atoms with Crippen LogP contribution in [0.25, 0.3) is 0 Å². The number of fused-ring (bicyclic) bond motifs is 14. The molecule has 0 radical (unpaired) electrons. The van der Waals surface area contributed by atoms with Crippen molar-refractivity contribution in [2.75, 3.05) is 27.3 Å². The Bertz CT molecular complexity index is 2320. The lowest BCUT2D eigenvalue weighted by molar-refractivity contribution is -0.244. The number of carbonyl (C=O) groups is 2. The minimum absolute atomic E-state index is 0.00815. The fourth-order valence-corrected chi connectivity index (χ4v) is 22.2. The van der Waals surface area contributed by atoms with Crippen molar-refractivity contribution in [2.45, 2.75) is 210 Å². The summed E-state index contributed by atoms with van der Waals surface area (Å²) in [5.74, 6) is 1.62. The van der Waals surface area contributed by atoms with E-state index in [0.29, 0.717) is 48.3 Å². The Kier molecular flexibility index (Phi) is 16.2.